The third kappa shape index (κ3) is 4.19. The highest BCUT2D eigenvalue weighted by atomic mass is 35.5. The summed E-state index contributed by atoms with van der Waals surface area (Å²) >= 11 is 5.29. The number of ether oxygens (including phenoxy) is 1. The van der Waals surface area contributed by atoms with Gasteiger partial charge in [-0.3, -0.25) is 4.79 Å². The molecule has 0 heterocycles. The van der Waals surface area contributed by atoms with Crippen molar-refractivity contribution in [2.24, 2.45) is 0 Å². The van der Waals surface area contributed by atoms with E-state index in [9.17, 15) is 13.6 Å². The van der Waals surface area contributed by atoms with Crippen LogP contribution in [0.3, 0.4) is 0 Å². The quantitative estimate of drug-likeness (QED) is 0.826. The minimum absolute atomic E-state index is 0.0412. The topological polar surface area (TPSA) is 38.3 Å². The van der Waals surface area contributed by atoms with Crippen molar-refractivity contribution in [3.05, 3.63) is 29.8 Å². The van der Waals surface area contributed by atoms with Gasteiger partial charge >= 0.3 is 0 Å². The van der Waals surface area contributed by atoms with Crippen molar-refractivity contribution in [3.8, 4) is 5.75 Å². The summed E-state index contributed by atoms with van der Waals surface area (Å²) in [7, 11) is 0. The maximum Gasteiger partial charge on any atom is 0.235 e. The maximum atomic E-state index is 13.2. The van der Waals surface area contributed by atoms with E-state index in [1.54, 1.807) is 6.92 Å². The van der Waals surface area contributed by atoms with E-state index in [4.69, 9.17) is 16.3 Å². The summed E-state index contributed by atoms with van der Waals surface area (Å²) in [6, 6.07) is 3.05. The van der Waals surface area contributed by atoms with Crippen LogP contribution in [-0.4, -0.2) is 24.4 Å². The molecule has 1 rings (SSSR count). The molecule has 1 atom stereocenters. The molecule has 3 nitrogen and oxygen atoms in total. The zero-order valence-electron chi connectivity index (χ0n) is 9.17. The molecule has 0 saturated heterocycles. The van der Waals surface area contributed by atoms with Gasteiger partial charge in [0.1, 0.15) is 12.5 Å². The number of nitrogens with one attached hydrogen (secondary N) is 1. The second kappa shape index (κ2) is 6.39. The van der Waals surface area contributed by atoms with E-state index in [0.29, 0.717) is 0 Å². The van der Waals surface area contributed by atoms with Crippen molar-refractivity contribution < 1.29 is 18.3 Å². The van der Waals surface area contributed by atoms with Crippen molar-refractivity contribution in [2.75, 3.05) is 12.5 Å². The molecule has 0 spiro atoms. The molecule has 17 heavy (non-hydrogen) atoms. The minimum Gasteiger partial charge on any atom is -0.485 e. The number of benzene rings is 1. The largest absolute Gasteiger partial charge is 0.485 e. The van der Waals surface area contributed by atoms with E-state index >= 15 is 0 Å². The molecule has 1 aromatic rings. The molecule has 0 unspecified atom stereocenters. The van der Waals surface area contributed by atoms with Crippen molar-refractivity contribution in [1.82, 2.24) is 5.32 Å². The summed E-state index contributed by atoms with van der Waals surface area (Å²) < 4.78 is 31.3. The van der Waals surface area contributed by atoms with E-state index in [1.807, 2.05) is 0 Å². The van der Waals surface area contributed by atoms with Crippen LogP contribution in [0.2, 0.25) is 0 Å². The Kier molecular flexibility index (Phi) is 5.15. The Balaban J connectivity index is 2.53. The fourth-order valence-corrected chi connectivity index (χ4v) is 1.26. The van der Waals surface area contributed by atoms with Crippen LogP contribution in [0.5, 0.6) is 5.75 Å². The Labute approximate surface area is 103 Å². The normalized spacial score (nSPS) is 12.0. The molecular formula is C11H12ClF2NO2. The Morgan fingerprint density at radius 2 is 2.06 bits per heavy atom. The lowest BCUT2D eigenvalue weighted by molar-refractivity contribution is -0.119. The third-order valence-electron chi connectivity index (χ3n) is 1.93. The van der Waals surface area contributed by atoms with Gasteiger partial charge in [-0.05, 0) is 19.1 Å². The summed E-state index contributed by atoms with van der Waals surface area (Å²) in [5.41, 5.74) is 0. The first-order valence-corrected chi connectivity index (χ1v) is 5.50. The lowest BCUT2D eigenvalue weighted by Gasteiger charge is -2.14. The van der Waals surface area contributed by atoms with Gasteiger partial charge in [0.05, 0.1) is 6.04 Å². The molecule has 0 radical (unpaired) electrons. The number of para-hydroxylation sites is 1. The molecule has 0 aliphatic heterocycles. The van der Waals surface area contributed by atoms with Gasteiger partial charge in [0.25, 0.3) is 0 Å². The summed E-state index contributed by atoms with van der Waals surface area (Å²) in [6.07, 6.45) is 0. The van der Waals surface area contributed by atoms with Crippen LogP contribution >= 0.6 is 11.6 Å². The highest BCUT2D eigenvalue weighted by molar-refractivity contribution is 6.27. The molecule has 0 aromatic heterocycles. The predicted molar refractivity (Wildman–Crippen MR) is 60.2 cm³/mol. The van der Waals surface area contributed by atoms with E-state index in [1.165, 1.54) is 6.07 Å². The van der Waals surface area contributed by atoms with Gasteiger partial charge in [-0.2, -0.15) is 0 Å². The van der Waals surface area contributed by atoms with Crippen LogP contribution in [-0.2, 0) is 4.79 Å². The molecule has 0 aliphatic carbocycles. The van der Waals surface area contributed by atoms with Crippen LogP contribution in [0.1, 0.15) is 6.92 Å². The standard InChI is InChI=1S/C11H12ClF2NO2/c1-7(15-10(16)5-12)6-17-11-8(13)3-2-4-9(11)14/h2-4,7H,5-6H2,1H3,(H,15,16)/t7-/m0/s1. The first-order chi connectivity index (χ1) is 8.04. The van der Waals surface area contributed by atoms with Gasteiger partial charge < -0.3 is 10.1 Å². The second-order valence-corrected chi connectivity index (χ2v) is 3.73. The Bertz CT molecular complexity index is 381. The highest BCUT2D eigenvalue weighted by Crippen LogP contribution is 2.20. The molecule has 6 heteroatoms. The molecule has 1 aromatic carbocycles. The van der Waals surface area contributed by atoms with Crippen LogP contribution in [0.25, 0.3) is 0 Å². The number of alkyl halides is 1. The smallest absolute Gasteiger partial charge is 0.235 e. The van der Waals surface area contributed by atoms with E-state index in [-0.39, 0.29) is 24.4 Å². The van der Waals surface area contributed by atoms with Gasteiger partial charge in [-0.1, -0.05) is 6.07 Å². The van der Waals surface area contributed by atoms with E-state index < -0.39 is 17.4 Å². The molecule has 0 saturated carbocycles. The summed E-state index contributed by atoms with van der Waals surface area (Å²) in [5, 5.41) is 2.50. The average molecular weight is 264 g/mol. The summed E-state index contributed by atoms with van der Waals surface area (Å²) in [4.78, 5) is 10.9. The van der Waals surface area contributed by atoms with Gasteiger partial charge in [0.15, 0.2) is 17.4 Å². The van der Waals surface area contributed by atoms with Crippen LogP contribution in [0.4, 0.5) is 8.78 Å². The molecular weight excluding hydrogens is 252 g/mol. The van der Waals surface area contributed by atoms with Crippen molar-refractivity contribution in [3.63, 3.8) is 0 Å². The van der Waals surface area contributed by atoms with Gasteiger partial charge in [0, 0.05) is 0 Å². The van der Waals surface area contributed by atoms with Crippen molar-refractivity contribution in [1.29, 1.82) is 0 Å². The summed E-state index contributed by atoms with van der Waals surface area (Å²) in [5.74, 6) is -2.53. The fourth-order valence-electron chi connectivity index (χ4n) is 1.18. The molecule has 0 aliphatic rings. The number of amides is 1. The first-order valence-electron chi connectivity index (χ1n) is 4.96. The minimum atomic E-state index is -0.777. The predicted octanol–water partition coefficient (Wildman–Crippen LogP) is 2.09. The SMILES string of the molecule is C[C@@H](COc1c(F)cccc1F)NC(=O)CCl. The zero-order valence-corrected chi connectivity index (χ0v) is 9.93. The number of halogens is 3. The highest BCUT2D eigenvalue weighted by Gasteiger charge is 2.12. The van der Waals surface area contributed by atoms with E-state index in [2.05, 4.69) is 5.32 Å². The molecule has 94 valence electrons. The van der Waals surface area contributed by atoms with E-state index in [0.717, 1.165) is 12.1 Å². The fraction of sp³-hybridized carbons (Fsp3) is 0.364. The summed E-state index contributed by atoms with van der Waals surface area (Å²) in [6.45, 7) is 1.60. The van der Waals surface area contributed by atoms with Gasteiger partial charge in [-0.15, -0.1) is 11.6 Å². The molecule has 1 N–H and O–H groups in total. The number of hydrogen-bond donors (Lipinski definition) is 1. The molecule has 1 amide bonds. The maximum absolute atomic E-state index is 13.2. The first kappa shape index (κ1) is 13.7. The number of hydrogen-bond acceptors (Lipinski definition) is 2. The van der Waals surface area contributed by atoms with Crippen LogP contribution in [0, 0.1) is 11.6 Å². The van der Waals surface area contributed by atoms with Crippen LogP contribution in [0.15, 0.2) is 18.2 Å². The lowest BCUT2D eigenvalue weighted by atomic mass is 10.3. The number of carbonyl (C=O) groups is 1. The number of rotatable bonds is 5. The third-order valence-corrected chi connectivity index (χ3v) is 2.17. The average Bonchev–Trinajstić information content (AvgIpc) is 2.28. The molecule has 0 fully saturated rings. The van der Waals surface area contributed by atoms with Crippen LogP contribution < -0.4 is 10.1 Å². The monoisotopic (exact) mass is 263 g/mol. The van der Waals surface area contributed by atoms with Crippen molar-refractivity contribution in [2.45, 2.75) is 13.0 Å². The number of carbonyl (C=O) groups excluding carboxylic acids is 1. The Hall–Kier alpha value is -1.36. The van der Waals surface area contributed by atoms with Gasteiger partial charge in [-0.25, -0.2) is 8.78 Å². The van der Waals surface area contributed by atoms with Crippen molar-refractivity contribution >= 4 is 17.5 Å². The van der Waals surface area contributed by atoms with Gasteiger partial charge in [0.2, 0.25) is 5.91 Å². The molecule has 0 bridgehead atoms. The second-order valence-electron chi connectivity index (χ2n) is 3.46. The Morgan fingerprint density at radius 1 is 1.47 bits per heavy atom. The lowest BCUT2D eigenvalue weighted by Crippen LogP contribution is -2.37. The Morgan fingerprint density at radius 3 is 2.59 bits per heavy atom. The zero-order chi connectivity index (χ0) is 12.8.